The lowest BCUT2D eigenvalue weighted by Gasteiger charge is -2.24. The highest BCUT2D eigenvalue weighted by Gasteiger charge is 2.32. The van der Waals surface area contributed by atoms with Crippen LogP contribution in [0.1, 0.15) is 36.5 Å². The van der Waals surface area contributed by atoms with Gasteiger partial charge in [-0.1, -0.05) is 44.2 Å². The predicted octanol–water partition coefficient (Wildman–Crippen LogP) is 6.54. The summed E-state index contributed by atoms with van der Waals surface area (Å²) in [6.07, 6.45) is -1.56. The standard InChI is InChI=1S/C28H24F3N3O2/c1-17(2)19-8-6-18(7-9-19)14-24(26(32)35)27(36)34(22-5-3-4-21(16-22)28(29,30)31)23-10-11-25-20(15-23)12-13-33-25/h3-17,33H,1-2H3,(H2,32,35)/b24-14-. The van der Waals surface area contributed by atoms with E-state index in [9.17, 15) is 22.8 Å². The molecule has 0 fully saturated rings. The average Bonchev–Trinajstić information content (AvgIpc) is 3.30. The minimum absolute atomic E-state index is 0.0491. The zero-order chi connectivity index (χ0) is 26.0. The van der Waals surface area contributed by atoms with Crippen LogP contribution in [0.3, 0.4) is 0 Å². The molecule has 4 aromatic rings. The van der Waals surface area contributed by atoms with Gasteiger partial charge >= 0.3 is 6.18 Å². The summed E-state index contributed by atoms with van der Waals surface area (Å²) in [6, 6.07) is 18.4. The minimum Gasteiger partial charge on any atom is -0.365 e. The second-order valence-electron chi connectivity index (χ2n) is 8.68. The number of nitrogens with zero attached hydrogens (tertiary/aromatic N) is 1. The van der Waals surface area contributed by atoms with Crippen LogP contribution in [-0.2, 0) is 15.8 Å². The summed E-state index contributed by atoms with van der Waals surface area (Å²) >= 11 is 0. The van der Waals surface area contributed by atoms with E-state index in [1.165, 1.54) is 18.2 Å². The molecule has 0 atom stereocenters. The van der Waals surface area contributed by atoms with Crippen LogP contribution in [0.2, 0.25) is 0 Å². The second kappa shape index (κ2) is 9.73. The van der Waals surface area contributed by atoms with E-state index in [0.29, 0.717) is 11.5 Å². The van der Waals surface area contributed by atoms with Gasteiger partial charge in [0, 0.05) is 28.5 Å². The third-order valence-electron chi connectivity index (χ3n) is 5.84. The number of primary amides is 1. The van der Waals surface area contributed by atoms with Crippen LogP contribution in [0.25, 0.3) is 17.0 Å². The van der Waals surface area contributed by atoms with Crippen LogP contribution in [0, 0.1) is 0 Å². The molecule has 0 bridgehead atoms. The first-order chi connectivity index (χ1) is 17.0. The number of anilines is 2. The van der Waals surface area contributed by atoms with Gasteiger partial charge in [0.15, 0.2) is 0 Å². The van der Waals surface area contributed by atoms with Crippen molar-refractivity contribution in [3.05, 3.63) is 101 Å². The van der Waals surface area contributed by atoms with Crippen molar-refractivity contribution in [2.24, 2.45) is 5.73 Å². The van der Waals surface area contributed by atoms with Crippen molar-refractivity contribution in [2.75, 3.05) is 4.90 Å². The smallest absolute Gasteiger partial charge is 0.365 e. The maximum Gasteiger partial charge on any atom is 0.416 e. The minimum atomic E-state index is -4.62. The molecule has 1 aromatic heterocycles. The number of alkyl halides is 3. The molecule has 3 N–H and O–H groups in total. The Hall–Kier alpha value is -4.33. The Bertz CT molecular complexity index is 1450. The molecule has 184 valence electrons. The number of hydrogen-bond donors (Lipinski definition) is 2. The quantitative estimate of drug-likeness (QED) is 0.182. The Morgan fingerprint density at radius 3 is 2.28 bits per heavy atom. The van der Waals surface area contributed by atoms with Crippen molar-refractivity contribution < 1.29 is 22.8 Å². The van der Waals surface area contributed by atoms with E-state index >= 15 is 0 Å². The maximum atomic E-state index is 13.8. The van der Waals surface area contributed by atoms with Gasteiger partial charge in [-0.25, -0.2) is 0 Å². The summed E-state index contributed by atoms with van der Waals surface area (Å²) in [5, 5.41) is 0.742. The Morgan fingerprint density at radius 1 is 0.944 bits per heavy atom. The Labute approximate surface area is 206 Å². The molecule has 0 unspecified atom stereocenters. The Morgan fingerprint density at radius 2 is 1.64 bits per heavy atom. The molecule has 3 aromatic carbocycles. The lowest BCUT2D eigenvalue weighted by Crippen LogP contribution is -2.33. The summed E-state index contributed by atoms with van der Waals surface area (Å²) in [5.41, 5.74) is 6.96. The highest BCUT2D eigenvalue weighted by molar-refractivity contribution is 6.28. The third kappa shape index (κ3) is 5.17. The number of carbonyl (C=O) groups is 2. The van der Waals surface area contributed by atoms with Gasteiger partial charge in [0.25, 0.3) is 11.8 Å². The number of aromatic nitrogens is 1. The first-order valence-electron chi connectivity index (χ1n) is 11.2. The summed E-state index contributed by atoms with van der Waals surface area (Å²) in [7, 11) is 0. The number of halogens is 3. The molecule has 8 heteroatoms. The van der Waals surface area contributed by atoms with Gasteiger partial charge in [0.05, 0.1) is 5.56 Å². The van der Waals surface area contributed by atoms with Crippen molar-refractivity contribution in [2.45, 2.75) is 25.9 Å². The summed E-state index contributed by atoms with van der Waals surface area (Å²) in [4.78, 5) is 30.3. The molecule has 0 saturated heterocycles. The van der Waals surface area contributed by atoms with E-state index in [1.807, 2.05) is 26.0 Å². The monoisotopic (exact) mass is 491 g/mol. The molecule has 1 heterocycles. The fourth-order valence-corrected chi connectivity index (χ4v) is 3.89. The first-order valence-corrected chi connectivity index (χ1v) is 11.2. The molecule has 5 nitrogen and oxygen atoms in total. The van der Waals surface area contributed by atoms with E-state index in [2.05, 4.69) is 4.98 Å². The zero-order valence-electron chi connectivity index (χ0n) is 19.6. The number of nitrogens with one attached hydrogen (secondary N) is 1. The van der Waals surface area contributed by atoms with Gasteiger partial charge in [-0.2, -0.15) is 13.2 Å². The number of nitrogens with two attached hydrogens (primary N) is 1. The molecule has 2 amide bonds. The lowest BCUT2D eigenvalue weighted by molar-refractivity contribution is -0.137. The molecule has 0 aliphatic heterocycles. The SMILES string of the molecule is CC(C)c1ccc(/C=C(/C(N)=O)C(=O)N(c2cccc(C(F)(F)F)c2)c2ccc3[nH]ccc3c2)cc1. The van der Waals surface area contributed by atoms with Crippen molar-refractivity contribution in [3.63, 3.8) is 0 Å². The fraction of sp³-hybridized carbons (Fsp3) is 0.143. The summed E-state index contributed by atoms with van der Waals surface area (Å²) in [6.45, 7) is 4.08. The molecule has 0 saturated carbocycles. The number of carbonyl (C=O) groups excluding carboxylic acids is 2. The van der Waals surface area contributed by atoms with Crippen LogP contribution in [0.5, 0.6) is 0 Å². The van der Waals surface area contributed by atoms with Gasteiger partial charge in [-0.05, 0) is 65.6 Å². The zero-order valence-corrected chi connectivity index (χ0v) is 19.6. The van der Waals surface area contributed by atoms with Crippen molar-refractivity contribution in [3.8, 4) is 0 Å². The number of H-pyrrole nitrogens is 1. The molecule has 0 spiro atoms. The van der Waals surface area contributed by atoms with Crippen LogP contribution in [0.15, 0.2) is 84.6 Å². The van der Waals surface area contributed by atoms with Crippen LogP contribution < -0.4 is 10.6 Å². The number of benzene rings is 3. The fourth-order valence-electron chi connectivity index (χ4n) is 3.89. The van der Waals surface area contributed by atoms with E-state index < -0.39 is 23.6 Å². The van der Waals surface area contributed by atoms with Crippen LogP contribution in [0.4, 0.5) is 24.5 Å². The number of aromatic amines is 1. The van der Waals surface area contributed by atoms with Gasteiger partial charge < -0.3 is 10.7 Å². The highest BCUT2D eigenvalue weighted by Crippen LogP contribution is 2.35. The number of amides is 2. The lowest BCUT2D eigenvalue weighted by atomic mass is 10.0. The number of rotatable bonds is 6. The summed E-state index contributed by atoms with van der Waals surface area (Å²) in [5.74, 6) is -1.54. The van der Waals surface area contributed by atoms with Crippen molar-refractivity contribution in [1.82, 2.24) is 4.98 Å². The van der Waals surface area contributed by atoms with Gasteiger partial charge in [0.1, 0.15) is 5.57 Å². The Balaban J connectivity index is 1.85. The maximum absolute atomic E-state index is 13.8. The molecular formula is C28H24F3N3O2. The highest BCUT2D eigenvalue weighted by atomic mass is 19.4. The number of fused-ring (bicyclic) bond motifs is 1. The molecule has 4 rings (SSSR count). The molecular weight excluding hydrogens is 467 g/mol. The van der Waals surface area contributed by atoms with Gasteiger partial charge in [-0.15, -0.1) is 0 Å². The predicted molar refractivity (Wildman–Crippen MR) is 135 cm³/mol. The second-order valence-corrected chi connectivity index (χ2v) is 8.68. The van der Waals surface area contributed by atoms with Crippen LogP contribution in [-0.4, -0.2) is 16.8 Å². The first kappa shape index (κ1) is 24.8. The number of hydrogen-bond acceptors (Lipinski definition) is 2. The molecule has 36 heavy (non-hydrogen) atoms. The van der Waals surface area contributed by atoms with E-state index in [0.717, 1.165) is 33.5 Å². The molecule has 0 radical (unpaired) electrons. The summed E-state index contributed by atoms with van der Waals surface area (Å²) < 4.78 is 40.4. The van der Waals surface area contributed by atoms with Crippen LogP contribution >= 0.6 is 0 Å². The van der Waals surface area contributed by atoms with E-state index in [-0.39, 0.29) is 16.9 Å². The normalized spacial score (nSPS) is 12.2. The Kier molecular flexibility index (Phi) is 6.70. The van der Waals surface area contributed by atoms with Crippen molar-refractivity contribution >= 4 is 40.2 Å². The van der Waals surface area contributed by atoms with Gasteiger partial charge in [0.2, 0.25) is 0 Å². The third-order valence-corrected chi connectivity index (χ3v) is 5.84. The topological polar surface area (TPSA) is 79.2 Å². The van der Waals surface area contributed by atoms with Crippen molar-refractivity contribution in [1.29, 1.82) is 0 Å². The molecule has 0 aliphatic carbocycles. The average molecular weight is 492 g/mol. The largest absolute Gasteiger partial charge is 0.416 e. The molecule has 0 aliphatic rings. The van der Waals surface area contributed by atoms with Gasteiger partial charge in [-0.3, -0.25) is 14.5 Å². The van der Waals surface area contributed by atoms with E-state index in [1.54, 1.807) is 42.6 Å². The van der Waals surface area contributed by atoms with E-state index in [4.69, 9.17) is 5.73 Å².